The molecule has 0 aromatic rings. The summed E-state index contributed by atoms with van der Waals surface area (Å²) in [6, 6.07) is 0. The molecule has 0 saturated heterocycles. The zero-order valence-electron chi connectivity index (χ0n) is 7.29. The summed E-state index contributed by atoms with van der Waals surface area (Å²) in [6.07, 6.45) is 5.14. The van der Waals surface area contributed by atoms with Crippen molar-refractivity contribution in [1.82, 2.24) is 0 Å². The molecular formula is C8H17NO3. The maximum atomic E-state index is 10.5. The second kappa shape index (κ2) is 8.49. The summed E-state index contributed by atoms with van der Waals surface area (Å²) in [4.78, 5) is 14.5. The molecule has 12 heavy (non-hydrogen) atoms. The van der Waals surface area contributed by atoms with E-state index in [1.165, 1.54) is 0 Å². The molecule has 0 atom stereocenters. The number of hydrogen-bond donors (Lipinski definition) is 2. The molecule has 0 aliphatic rings. The summed E-state index contributed by atoms with van der Waals surface area (Å²) in [6.45, 7) is 0.255. The van der Waals surface area contributed by atoms with E-state index < -0.39 is 0 Å². The van der Waals surface area contributed by atoms with Crippen LogP contribution in [0.5, 0.6) is 0 Å². The number of aliphatic hydroxyl groups excluding tert-OH is 1. The molecule has 0 radical (unpaired) electrons. The van der Waals surface area contributed by atoms with Gasteiger partial charge in [-0.15, -0.1) is 0 Å². The number of hydrogen-bond acceptors (Lipinski definition) is 4. The highest BCUT2D eigenvalue weighted by atomic mass is 16.7. The highest BCUT2D eigenvalue weighted by Crippen LogP contribution is 2.04. The van der Waals surface area contributed by atoms with Crippen LogP contribution in [0.15, 0.2) is 0 Å². The Hall–Kier alpha value is -0.610. The van der Waals surface area contributed by atoms with Crippen LogP contribution >= 0.6 is 0 Å². The SMILES string of the molecule is NOC(=O)CCCCCCCO. The topological polar surface area (TPSA) is 72.5 Å². The molecule has 4 nitrogen and oxygen atoms in total. The molecular weight excluding hydrogens is 158 g/mol. The van der Waals surface area contributed by atoms with Crippen LogP contribution in [0.3, 0.4) is 0 Å². The van der Waals surface area contributed by atoms with Gasteiger partial charge >= 0.3 is 5.97 Å². The first-order valence-corrected chi connectivity index (χ1v) is 4.31. The molecule has 0 aromatic carbocycles. The molecule has 0 bridgehead atoms. The van der Waals surface area contributed by atoms with Crippen molar-refractivity contribution < 1.29 is 14.7 Å². The van der Waals surface area contributed by atoms with Gasteiger partial charge in [0.2, 0.25) is 0 Å². The Morgan fingerprint density at radius 2 is 1.75 bits per heavy atom. The average molecular weight is 175 g/mol. The second-order valence-corrected chi connectivity index (χ2v) is 2.73. The molecule has 0 unspecified atom stereocenters. The number of rotatable bonds is 7. The standard InChI is InChI=1S/C8H17NO3/c9-12-8(11)6-4-2-1-3-5-7-10/h10H,1-7,9H2. The lowest BCUT2D eigenvalue weighted by Gasteiger charge is -1.98. The summed E-state index contributed by atoms with van der Waals surface area (Å²) in [5.74, 6) is 4.30. The summed E-state index contributed by atoms with van der Waals surface area (Å²) in [5, 5.41) is 8.46. The van der Waals surface area contributed by atoms with E-state index >= 15 is 0 Å². The highest BCUT2D eigenvalue weighted by Gasteiger charge is 1.99. The van der Waals surface area contributed by atoms with Crippen molar-refractivity contribution in [2.24, 2.45) is 5.90 Å². The molecule has 0 fully saturated rings. The van der Waals surface area contributed by atoms with Crippen LogP contribution < -0.4 is 5.90 Å². The minimum absolute atomic E-state index is 0.255. The number of carbonyl (C=O) groups is 1. The highest BCUT2D eigenvalue weighted by molar-refractivity contribution is 5.68. The van der Waals surface area contributed by atoms with E-state index in [0.717, 1.165) is 32.1 Å². The lowest BCUT2D eigenvalue weighted by molar-refractivity contribution is -0.144. The first-order valence-electron chi connectivity index (χ1n) is 4.31. The second-order valence-electron chi connectivity index (χ2n) is 2.73. The number of nitrogens with two attached hydrogens (primary N) is 1. The first kappa shape index (κ1) is 11.4. The quantitative estimate of drug-likeness (QED) is 0.442. The zero-order chi connectivity index (χ0) is 9.23. The van der Waals surface area contributed by atoms with Gasteiger partial charge in [0.1, 0.15) is 0 Å². The van der Waals surface area contributed by atoms with Crippen LogP contribution in [0.25, 0.3) is 0 Å². The summed E-state index contributed by atoms with van der Waals surface area (Å²) < 4.78 is 0. The molecule has 0 aliphatic heterocycles. The molecule has 0 amide bonds. The van der Waals surface area contributed by atoms with Gasteiger partial charge in [0.25, 0.3) is 0 Å². The number of unbranched alkanes of at least 4 members (excludes halogenated alkanes) is 4. The monoisotopic (exact) mass is 175 g/mol. The Bertz CT molecular complexity index is 117. The van der Waals surface area contributed by atoms with Gasteiger partial charge in [-0.05, 0) is 12.8 Å². The maximum absolute atomic E-state index is 10.5. The van der Waals surface area contributed by atoms with Crippen molar-refractivity contribution in [3.8, 4) is 0 Å². The van der Waals surface area contributed by atoms with Crippen LogP contribution in [0.2, 0.25) is 0 Å². The van der Waals surface area contributed by atoms with E-state index in [2.05, 4.69) is 10.7 Å². The normalized spacial score (nSPS) is 9.83. The largest absolute Gasteiger partial charge is 0.396 e. The zero-order valence-corrected chi connectivity index (χ0v) is 7.29. The van der Waals surface area contributed by atoms with Crippen LogP contribution in [-0.2, 0) is 9.63 Å². The minimum Gasteiger partial charge on any atom is -0.396 e. The van der Waals surface area contributed by atoms with Gasteiger partial charge in [0, 0.05) is 13.0 Å². The third-order valence-corrected chi connectivity index (χ3v) is 1.67. The average Bonchev–Trinajstić information content (AvgIpc) is 2.10. The third kappa shape index (κ3) is 7.50. The Morgan fingerprint density at radius 1 is 1.17 bits per heavy atom. The lowest BCUT2D eigenvalue weighted by atomic mass is 10.1. The fraction of sp³-hybridized carbons (Fsp3) is 0.875. The third-order valence-electron chi connectivity index (χ3n) is 1.67. The maximum Gasteiger partial charge on any atom is 0.324 e. The first-order chi connectivity index (χ1) is 5.81. The summed E-state index contributed by atoms with van der Waals surface area (Å²) in [5.41, 5.74) is 0. The molecule has 4 heteroatoms. The van der Waals surface area contributed by atoms with Gasteiger partial charge in [-0.25, -0.2) is 0 Å². The van der Waals surface area contributed by atoms with Crippen LogP contribution in [0.1, 0.15) is 38.5 Å². The Morgan fingerprint density at radius 3 is 2.33 bits per heavy atom. The fourth-order valence-electron chi connectivity index (χ4n) is 0.970. The Kier molecular flexibility index (Phi) is 8.05. The van der Waals surface area contributed by atoms with E-state index in [1.807, 2.05) is 0 Å². The molecule has 3 N–H and O–H groups in total. The van der Waals surface area contributed by atoms with Crippen molar-refractivity contribution in [2.45, 2.75) is 38.5 Å². The molecule has 0 rings (SSSR count). The molecule has 0 heterocycles. The molecule has 0 spiro atoms. The van der Waals surface area contributed by atoms with Crippen molar-refractivity contribution in [2.75, 3.05) is 6.61 Å². The molecule has 0 aromatic heterocycles. The van der Waals surface area contributed by atoms with E-state index in [0.29, 0.717) is 6.42 Å². The summed E-state index contributed by atoms with van der Waals surface area (Å²) >= 11 is 0. The van der Waals surface area contributed by atoms with E-state index in [1.54, 1.807) is 0 Å². The fourth-order valence-corrected chi connectivity index (χ4v) is 0.970. The van der Waals surface area contributed by atoms with E-state index in [4.69, 9.17) is 5.11 Å². The van der Waals surface area contributed by atoms with Gasteiger partial charge in [-0.2, -0.15) is 5.90 Å². The smallest absolute Gasteiger partial charge is 0.324 e. The molecule has 0 saturated carbocycles. The van der Waals surface area contributed by atoms with Crippen LogP contribution in [0.4, 0.5) is 0 Å². The lowest BCUT2D eigenvalue weighted by Crippen LogP contribution is -2.08. The number of carbonyl (C=O) groups excluding carboxylic acids is 1. The van der Waals surface area contributed by atoms with E-state index in [9.17, 15) is 4.79 Å². The van der Waals surface area contributed by atoms with Crippen LogP contribution in [-0.4, -0.2) is 17.7 Å². The van der Waals surface area contributed by atoms with Gasteiger partial charge in [-0.3, -0.25) is 4.79 Å². The predicted octanol–water partition coefficient (Wildman–Crippen LogP) is 0.736. The van der Waals surface area contributed by atoms with E-state index in [-0.39, 0.29) is 12.6 Å². The van der Waals surface area contributed by atoms with Gasteiger partial charge in [0.05, 0.1) is 0 Å². The molecule has 72 valence electrons. The van der Waals surface area contributed by atoms with Crippen molar-refractivity contribution in [3.63, 3.8) is 0 Å². The van der Waals surface area contributed by atoms with Gasteiger partial charge in [-0.1, -0.05) is 19.3 Å². The Balaban J connectivity index is 2.95. The minimum atomic E-state index is -0.350. The molecule has 0 aliphatic carbocycles. The van der Waals surface area contributed by atoms with Crippen molar-refractivity contribution >= 4 is 5.97 Å². The van der Waals surface area contributed by atoms with Crippen molar-refractivity contribution in [1.29, 1.82) is 0 Å². The predicted molar refractivity (Wildman–Crippen MR) is 45.1 cm³/mol. The van der Waals surface area contributed by atoms with Crippen LogP contribution in [0, 0.1) is 0 Å². The Labute approximate surface area is 72.7 Å². The number of aliphatic hydroxyl groups is 1. The summed E-state index contributed by atoms with van der Waals surface area (Å²) in [7, 11) is 0. The van der Waals surface area contributed by atoms with Gasteiger partial charge in [0.15, 0.2) is 0 Å². The van der Waals surface area contributed by atoms with Crippen molar-refractivity contribution in [3.05, 3.63) is 0 Å². The van der Waals surface area contributed by atoms with Gasteiger partial charge < -0.3 is 9.94 Å².